The third-order valence-corrected chi connectivity index (χ3v) is 2.54. The number of benzene rings is 1. The maximum Gasteiger partial charge on any atom is 0.326 e. The molecule has 0 aliphatic carbocycles. The molecule has 3 N–H and O–H groups in total. The van der Waals surface area contributed by atoms with Crippen molar-refractivity contribution in [2.45, 2.75) is 13.0 Å². The van der Waals surface area contributed by atoms with Gasteiger partial charge in [-0.3, -0.25) is 4.79 Å². The van der Waals surface area contributed by atoms with Gasteiger partial charge in [-0.05, 0) is 19.1 Å². The smallest absolute Gasteiger partial charge is 0.326 e. The number of carbonyl (C=O) groups excluding carboxylic acids is 1. The highest BCUT2D eigenvalue weighted by atomic mass is 19.1. The van der Waals surface area contributed by atoms with Crippen molar-refractivity contribution in [1.82, 2.24) is 4.90 Å². The van der Waals surface area contributed by atoms with Gasteiger partial charge in [0, 0.05) is 7.05 Å². The molecule has 0 heterocycles. The van der Waals surface area contributed by atoms with Crippen molar-refractivity contribution >= 4 is 17.6 Å². The Kier molecular flexibility index (Phi) is 3.67. The zero-order valence-corrected chi connectivity index (χ0v) is 9.48. The van der Waals surface area contributed by atoms with Crippen molar-refractivity contribution < 1.29 is 19.1 Å². The van der Waals surface area contributed by atoms with Gasteiger partial charge in [-0.1, -0.05) is 6.07 Å². The minimum atomic E-state index is -1.14. The largest absolute Gasteiger partial charge is 0.480 e. The predicted octanol–water partition coefficient (Wildman–Crippen LogP) is 0.953. The van der Waals surface area contributed by atoms with Gasteiger partial charge < -0.3 is 15.7 Å². The van der Waals surface area contributed by atoms with Gasteiger partial charge in [0.15, 0.2) is 0 Å². The lowest BCUT2D eigenvalue weighted by molar-refractivity contribution is -0.141. The van der Waals surface area contributed by atoms with E-state index in [0.717, 1.165) is 11.0 Å². The van der Waals surface area contributed by atoms with Gasteiger partial charge in [-0.25, -0.2) is 9.18 Å². The van der Waals surface area contributed by atoms with E-state index in [1.165, 1.54) is 26.1 Å². The summed E-state index contributed by atoms with van der Waals surface area (Å²) in [5.41, 5.74) is 5.11. The van der Waals surface area contributed by atoms with E-state index >= 15 is 0 Å². The van der Waals surface area contributed by atoms with E-state index in [1.54, 1.807) is 0 Å². The minimum Gasteiger partial charge on any atom is -0.480 e. The Hall–Kier alpha value is -2.11. The van der Waals surface area contributed by atoms with E-state index in [2.05, 4.69) is 0 Å². The zero-order valence-electron chi connectivity index (χ0n) is 9.48. The lowest BCUT2D eigenvalue weighted by atomic mass is 10.1. The molecule has 0 aromatic heterocycles. The maximum absolute atomic E-state index is 13.2. The molecule has 0 bridgehead atoms. The van der Waals surface area contributed by atoms with Crippen LogP contribution in [0.3, 0.4) is 0 Å². The number of nitrogen functional groups attached to an aromatic ring is 1. The van der Waals surface area contributed by atoms with Crippen molar-refractivity contribution in [3.63, 3.8) is 0 Å². The summed E-state index contributed by atoms with van der Waals surface area (Å²) in [5.74, 6) is -2.47. The van der Waals surface area contributed by atoms with Crippen LogP contribution in [0.4, 0.5) is 10.1 Å². The van der Waals surface area contributed by atoms with E-state index in [4.69, 9.17) is 10.8 Å². The Morgan fingerprint density at radius 3 is 2.59 bits per heavy atom. The number of carbonyl (C=O) groups is 2. The summed E-state index contributed by atoms with van der Waals surface area (Å²) < 4.78 is 13.2. The number of likely N-dealkylation sites (N-methyl/N-ethyl adjacent to an activating group) is 1. The quantitative estimate of drug-likeness (QED) is 0.770. The number of halogens is 1. The number of hydrogen-bond acceptors (Lipinski definition) is 3. The van der Waals surface area contributed by atoms with Gasteiger partial charge in [0.05, 0.1) is 11.3 Å². The number of rotatable bonds is 3. The Morgan fingerprint density at radius 2 is 2.06 bits per heavy atom. The number of amides is 1. The first kappa shape index (κ1) is 13.0. The van der Waals surface area contributed by atoms with Crippen molar-refractivity contribution in [2.24, 2.45) is 0 Å². The van der Waals surface area contributed by atoms with Crippen LogP contribution in [0.5, 0.6) is 0 Å². The lowest BCUT2D eigenvalue weighted by Crippen LogP contribution is -2.40. The Morgan fingerprint density at radius 1 is 1.47 bits per heavy atom. The van der Waals surface area contributed by atoms with Gasteiger partial charge in [0.25, 0.3) is 5.91 Å². The number of anilines is 1. The van der Waals surface area contributed by atoms with Gasteiger partial charge in [-0.2, -0.15) is 0 Å². The summed E-state index contributed by atoms with van der Waals surface area (Å²) >= 11 is 0. The Labute approximate surface area is 97.6 Å². The summed E-state index contributed by atoms with van der Waals surface area (Å²) in [6, 6.07) is 2.82. The molecule has 1 aromatic carbocycles. The second-order valence-electron chi connectivity index (χ2n) is 3.63. The third-order valence-electron chi connectivity index (χ3n) is 2.54. The molecule has 0 aliphatic rings. The van der Waals surface area contributed by atoms with Crippen molar-refractivity contribution in [1.29, 1.82) is 0 Å². The average Bonchev–Trinajstić information content (AvgIpc) is 2.29. The van der Waals surface area contributed by atoms with Crippen LogP contribution in [-0.2, 0) is 4.79 Å². The van der Waals surface area contributed by atoms with Crippen LogP contribution in [0, 0.1) is 5.82 Å². The number of carboxylic acid groups (broad SMARTS) is 1. The average molecular weight is 240 g/mol. The van der Waals surface area contributed by atoms with Crippen LogP contribution in [-0.4, -0.2) is 35.0 Å². The Bertz CT molecular complexity index is 462. The third kappa shape index (κ3) is 2.52. The number of carboxylic acids is 1. The number of hydrogen-bond donors (Lipinski definition) is 2. The van der Waals surface area contributed by atoms with Crippen LogP contribution in [0.25, 0.3) is 0 Å². The predicted molar refractivity (Wildman–Crippen MR) is 60.0 cm³/mol. The molecule has 92 valence electrons. The van der Waals surface area contributed by atoms with E-state index < -0.39 is 23.7 Å². The standard InChI is InChI=1S/C11H13FN2O3/c1-6(11(16)17)14(2)10(15)7-4-3-5-8(12)9(7)13/h3-6H,13H2,1-2H3,(H,16,17). The van der Waals surface area contributed by atoms with E-state index in [9.17, 15) is 14.0 Å². The number of para-hydroxylation sites is 1. The molecule has 0 fully saturated rings. The first-order chi connectivity index (χ1) is 7.86. The second-order valence-corrected chi connectivity index (χ2v) is 3.63. The highest BCUT2D eigenvalue weighted by molar-refractivity contribution is 6.00. The van der Waals surface area contributed by atoms with Gasteiger partial charge in [0.1, 0.15) is 11.9 Å². The second kappa shape index (κ2) is 4.82. The van der Waals surface area contributed by atoms with Crippen LogP contribution < -0.4 is 5.73 Å². The maximum atomic E-state index is 13.2. The molecule has 1 atom stereocenters. The first-order valence-electron chi connectivity index (χ1n) is 4.90. The highest BCUT2D eigenvalue weighted by Gasteiger charge is 2.24. The normalized spacial score (nSPS) is 11.9. The van der Waals surface area contributed by atoms with Crippen LogP contribution in [0.1, 0.15) is 17.3 Å². The molecule has 5 nitrogen and oxygen atoms in total. The van der Waals surface area contributed by atoms with Crippen molar-refractivity contribution in [3.05, 3.63) is 29.6 Å². The Balaban J connectivity index is 3.05. The van der Waals surface area contributed by atoms with Crippen LogP contribution >= 0.6 is 0 Å². The highest BCUT2D eigenvalue weighted by Crippen LogP contribution is 2.18. The zero-order chi connectivity index (χ0) is 13.2. The monoisotopic (exact) mass is 240 g/mol. The minimum absolute atomic E-state index is 0.0411. The summed E-state index contributed by atoms with van der Waals surface area (Å²) in [5, 5.41) is 8.77. The molecule has 0 saturated heterocycles. The summed E-state index contributed by atoms with van der Waals surface area (Å²) in [6.07, 6.45) is 0. The molecule has 0 saturated carbocycles. The fraction of sp³-hybridized carbons (Fsp3) is 0.273. The van der Waals surface area contributed by atoms with Crippen LogP contribution in [0.2, 0.25) is 0 Å². The fourth-order valence-corrected chi connectivity index (χ4v) is 1.26. The summed E-state index contributed by atoms with van der Waals surface area (Å²) in [7, 11) is 1.32. The van der Waals surface area contributed by atoms with Gasteiger partial charge >= 0.3 is 5.97 Å². The van der Waals surface area contributed by atoms with Crippen molar-refractivity contribution in [3.8, 4) is 0 Å². The van der Waals surface area contributed by atoms with E-state index in [1.807, 2.05) is 0 Å². The van der Waals surface area contributed by atoms with Crippen molar-refractivity contribution in [2.75, 3.05) is 12.8 Å². The fourth-order valence-electron chi connectivity index (χ4n) is 1.26. The molecule has 17 heavy (non-hydrogen) atoms. The molecule has 1 rings (SSSR count). The molecule has 1 unspecified atom stereocenters. The molecule has 0 radical (unpaired) electrons. The number of nitrogens with zero attached hydrogens (tertiary/aromatic N) is 1. The topological polar surface area (TPSA) is 83.6 Å². The first-order valence-corrected chi connectivity index (χ1v) is 4.90. The van der Waals surface area contributed by atoms with E-state index in [-0.39, 0.29) is 11.3 Å². The molecule has 1 aromatic rings. The SMILES string of the molecule is CC(C(=O)O)N(C)C(=O)c1cccc(F)c1N. The van der Waals surface area contributed by atoms with Gasteiger partial charge in [0.2, 0.25) is 0 Å². The molecule has 0 aliphatic heterocycles. The summed E-state index contributed by atoms with van der Waals surface area (Å²) in [4.78, 5) is 23.6. The molecule has 6 heteroatoms. The van der Waals surface area contributed by atoms with Gasteiger partial charge in [-0.15, -0.1) is 0 Å². The molecular weight excluding hydrogens is 227 g/mol. The van der Waals surface area contributed by atoms with E-state index in [0.29, 0.717) is 0 Å². The lowest BCUT2D eigenvalue weighted by Gasteiger charge is -2.22. The molecule has 0 spiro atoms. The molecule has 1 amide bonds. The molecular formula is C11H13FN2O3. The summed E-state index contributed by atoms with van der Waals surface area (Å²) in [6.45, 7) is 1.36. The van der Waals surface area contributed by atoms with Crippen LogP contribution in [0.15, 0.2) is 18.2 Å². The number of aliphatic carboxylic acids is 1. The number of nitrogens with two attached hydrogens (primary N) is 1.